The standard InChI is InChI=1S/C17H16N2O3/c18-12-14-6-4-5-9-16(14)22-13-17(20)19-10-11-21-15-7-2-1-3-8-15/h1-9H,10-11,13H2,(H,19,20). The van der Waals surface area contributed by atoms with Gasteiger partial charge in [-0.2, -0.15) is 5.26 Å². The van der Waals surface area contributed by atoms with Gasteiger partial charge >= 0.3 is 0 Å². The number of carbonyl (C=O) groups excluding carboxylic acids is 1. The van der Waals surface area contributed by atoms with Crippen molar-refractivity contribution in [2.24, 2.45) is 0 Å². The third-order valence-corrected chi connectivity index (χ3v) is 2.80. The summed E-state index contributed by atoms with van der Waals surface area (Å²) in [5.74, 6) is 0.904. The molecule has 1 N–H and O–H groups in total. The number of amides is 1. The normalized spacial score (nSPS) is 9.59. The number of para-hydroxylation sites is 2. The van der Waals surface area contributed by atoms with Crippen LogP contribution in [0.3, 0.4) is 0 Å². The lowest BCUT2D eigenvalue weighted by molar-refractivity contribution is -0.123. The molecule has 0 fully saturated rings. The van der Waals surface area contributed by atoms with Gasteiger partial charge in [0.25, 0.3) is 5.91 Å². The first-order valence-corrected chi connectivity index (χ1v) is 6.86. The van der Waals surface area contributed by atoms with Gasteiger partial charge in [0.05, 0.1) is 12.1 Å². The Morgan fingerprint density at radius 1 is 1.05 bits per heavy atom. The second kappa shape index (κ2) is 8.32. The summed E-state index contributed by atoms with van der Waals surface area (Å²) in [6.07, 6.45) is 0. The Kier molecular flexibility index (Phi) is 5.82. The maximum atomic E-state index is 11.7. The van der Waals surface area contributed by atoms with E-state index in [2.05, 4.69) is 5.32 Å². The van der Waals surface area contributed by atoms with Crippen LogP contribution in [0.15, 0.2) is 54.6 Å². The van der Waals surface area contributed by atoms with Gasteiger partial charge in [0.1, 0.15) is 24.2 Å². The average Bonchev–Trinajstić information content (AvgIpc) is 2.58. The molecule has 1 amide bonds. The third-order valence-electron chi connectivity index (χ3n) is 2.80. The van der Waals surface area contributed by atoms with Crippen LogP contribution in [-0.2, 0) is 4.79 Å². The van der Waals surface area contributed by atoms with E-state index in [-0.39, 0.29) is 12.5 Å². The fraction of sp³-hybridized carbons (Fsp3) is 0.176. The molecular formula is C17H16N2O3. The molecule has 0 aliphatic rings. The molecule has 0 spiro atoms. The predicted octanol–water partition coefficient (Wildman–Crippen LogP) is 2.13. The molecule has 112 valence electrons. The SMILES string of the molecule is N#Cc1ccccc1OCC(=O)NCCOc1ccccc1. The Balaban J connectivity index is 1.67. The summed E-state index contributed by atoms with van der Waals surface area (Å²) in [6.45, 7) is 0.631. The van der Waals surface area contributed by atoms with Crippen molar-refractivity contribution in [3.63, 3.8) is 0 Å². The molecule has 5 heteroatoms. The molecule has 0 heterocycles. The highest BCUT2D eigenvalue weighted by Crippen LogP contribution is 2.16. The number of nitriles is 1. The van der Waals surface area contributed by atoms with E-state index in [1.54, 1.807) is 24.3 Å². The van der Waals surface area contributed by atoms with Gasteiger partial charge in [0.2, 0.25) is 0 Å². The number of ether oxygens (including phenoxy) is 2. The van der Waals surface area contributed by atoms with Crippen molar-refractivity contribution in [1.29, 1.82) is 5.26 Å². The lowest BCUT2D eigenvalue weighted by atomic mass is 10.2. The molecule has 2 rings (SSSR count). The van der Waals surface area contributed by atoms with Gasteiger partial charge in [-0.3, -0.25) is 4.79 Å². The topological polar surface area (TPSA) is 71.3 Å². The summed E-state index contributed by atoms with van der Waals surface area (Å²) in [5.41, 5.74) is 0.405. The second-order valence-electron chi connectivity index (χ2n) is 4.41. The molecule has 0 atom stereocenters. The summed E-state index contributed by atoms with van der Waals surface area (Å²) >= 11 is 0. The van der Waals surface area contributed by atoms with Crippen LogP contribution >= 0.6 is 0 Å². The molecule has 0 bridgehead atoms. The van der Waals surface area contributed by atoms with E-state index in [0.717, 1.165) is 5.75 Å². The summed E-state index contributed by atoms with van der Waals surface area (Å²) in [4.78, 5) is 11.7. The van der Waals surface area contributed by atoms with E-state index in [4.69, 9.17) is 14.7 Å². The smallest absolute Gasteiger partial charge is 0.258 e. The highest BCUT2D eigenvalue weighted by Gasteiger charge is 2.05. The zero-order valence-electron chi connectivity index (χ0n) is 12.0. The third kappa shape index (κ3) is 4.84. The molecule has 2 aromatic rings. The molecule has 0 radical (unpaired) electrons. The molecule has 0 saturated heterocycles. The lowest BCUT2D eigenvalue weighted by Crippen LogP contribution is -2.32. The Hall–Kier alpha value is -3.00. The van der Waals surface area contributed by atoms with Crippen molar-refractivity contribution in [3.05, 3.63) is 60.2 Å². The number of nitrogens with one attached hydrogen (secondary N) is 1. The van der Waals surface area contributed by atoms with Gasteiger partial charge in [-0.25, -0.2) is 0 Å². The summed E-state index contributed by atoms with van der Waals surface area (Å²) < 4.78 is 10.8. The summed E-state index contributed by atoms with van der Waals surface area (Å²) in [6, 6.07) is 18.2. The van der Waals surface area contributed by atoms with Gasteiger partial charge in [0, 0.05) is 0 Å². The number of hydrogen-bond acceptors (Lipinski definition) is 4. The first kappa shape index (κ1) is 15.4. The molecule has 2 aromatic carbocycles. The highest BCUT2D eigenvalue weighted by atomic mass is 16.5. The summed E-state index contributed by atoms with van der Waals surface area (Å²) in [5, 5.41) is 11.6. The minimum Gasteiger partial charge on any atom is -0.492 e. The molecule has 0 saturated carbocycles. The first-order valence-electron chi connectivity index (χ1n) is 6.86. The Morgan fingerprint density at radius 3 is 2.55 bits per heavy atom. The van der Waals surface area contributed by atoms with Crippen molar-refractivity contribution in [2.45, 2.75) is 0 Å². The monoisotopic (exact) mass is 296 g/mol. The molecule has 0 unspecified atom stereocenters. The number of benzene rings is 2. The quantitative estimate of drug-likeness (QED) is 0.795. The minimum atomic E-state index is -0.260. The molecule has 5 nitrogen and oxygen atoms in total. The molecule has 0 aliphatic carbocycles. The molecule has 0 aromatic heterocycles. The van der Waals surface area contributed by atoms with Crippen LogP contribution in [0.4, 0.5) is 0 Å². The van der Waals surface area contributed by atoms with Crippen molar-refractivity contribution in [2.75, 3.05) is 19.8 Å². The van der Waals surface area contributed by atoms with Gasteiger partial charge < -0.3 is 14.8 Å². The maximum absolute atomic E-state index is 11.7. The van der Waals surface area contributed by atoms with E-state index in [0.29, 0.717) is 24.5 Å². The Morgan fingerprint density at radius 2 is 1.77 bits per heavy atom. The van der Waals surface area contributed by atoms with Crippen LogP contribution in [-0.4, -0.2) is 25.7 Å². The van der Waals surface area contributed by atoms with Crippen molar-refractivity contribution < 1.29 is 14.3 Å². The molecular weight excluding hydrogens is 280 g/mol. The van der Waals surface area contributed by atoms with Crippen molar-refractivity contribution >= 4 is 5.91 Å². The number of hydrogen-bond donors (Lipinski definition) is 1. The predicted molar refractivity (Wildman–Crippen MR) is 81.6 cm³/mol. The van der Waals surface area contributed by atoms with E-state index in [9.17, 15) is 4.79 Å². The number of nitrogens with zero attached hydrogens (tertiary/aromatic N) is 1. The van der Waals surface area contributed by atoms with Crippen LogP contribution in [0, 0.1) is 11.3 Å². The van der Waals surface area contributed by atoms with Gasteiger partial charge in [0.15, 0.2) is 6.61 Å². The summed E-state index contributed by atoms with van der Waals surface area (Å²) in [7, 11) is 0. The van der Waals surface area contributed by atoms with E-state index in [1.807, 2.05) is 36.4 Å². The molecule has 22 heavy (non-hydrogen) atoms. The van der Waals surface area contributed by atoms with Crippen LogP contribution in [0.1, 0.15) is 5.56 Å². The molecule has 0 aliphatic heterocycles. The fourth-order valence-corrected chi connectivity index (χ4v) is 1.76. The largest absolute Gasteiger partial charge is 0.492 e. The minimum absolute atomic E-state index is 0.135. The lowest BCUT2D eigenvalue weighted by Gasteiger charge is -2.09. The zero-order valence-corrected chi connectivity index (χ0v) is 12.0. The van der Waals surface area contributed by atoms with Crippen molar-refractivity contribution in [1.82, 2.24) is 5.32 Å². The number of carbonyl (C=O) groups is 1. The maximum Gasteiger partial charge on any atom is 0.258 e. The van der Waals surface area contributed by atoms with E-state index >= 15 is 0 Å². The second-order valence-corrected chi connectivity index (χ2v) is 4.41. The van der Waals surface area contributed by atoms with Gasteiger partial charge in [-0.1, -0.05) is 30.3 Å². The van der Waals surface area contributed by atoms with Crippen molar-refractivity contribution in [3.8, 4) is 17.6 Å². The highest BCUT2D eigenvalue weighted by molar-refractivity contribution is 5.77. The zero-order chi connectivity index (χ0) is 15.6. The van der Waals surface area contributed by atoms with Crippen LogP contribution < -0.4 is 14.8 Å². The van der Waals surface area contributed by atoms with Crippen LogP contribution in [0.2, 0.25) is 0 Å². The van der Waals surface area contributed by atoms with Crippen LogP contribution in [0.5, 0.6) is 11.5 Å². The first-order chi connectivity index (χ1) is 10.8. The van der Waals surface area contributed by atoms with Gasteiger partial charge in [-0.15, -0.1) is 0 Å². The van der Waals surface area contributed by atoms with Crippen LogP contribution in [0.25, 0.3) is 0 Å². The fourth-order valence-electron chi connectivity index (χ4n) is 1.76. The van der Waals surface area contributed by atoms with Gasteiger partial charge in [-0.05, 0) is 24.3 Å². The van der Waals surface area contributed by atoms with E-state index < -0.39 is 0 Å². The van der Waals surface area contributed by atoms with E-state index in [1.165, 1.54) is 0 Å². The number of rotatable bonds is 7. The average molecular weight is 296 g/mol. The Labute approximate surface area is 129 Å². The Bertz CT molecular complexity index is 650.